The van der Waals surface area contributed by atoms with Gasteiger partial charge in [0.25, 0.3) is 5.78 Å². The SMILES string of the molecule is COc1cc([C@@H]2C(=C(O)c3ccc(Cl)cc3)C(=O)C(=O)N2c2nc(C)c(C)s2)cc(OC)c1OC. The summed E-state index contributed by atoms with van der Waals surface area (Å²) in [6.45, 7) is 3.71. The predicted molar refractivity (Wildman–Crippen MR) is 134 cm³/mol. The number of nitrogens with zero attached hydrogens (tertiary/aromatic N) is 2. The number of hydrogen-bond acceptors (Lipinski definition) is 8. The number of anilines is 1. The first kappa shape index (κ1) is 24.6. The number of rotatable bonds is 6. The van der Waals surface area contributed by atoms with Gasteiger partial charge in [-0.1, -0.05) is 11.6 Å². The topological polar surface area (TPSA) is 98.2 Å². The van der Waals surface area contributed by atoms with Crippen LogP contribution in [0.2, 0.25) is 5.02 Å². The number of ketones is 1. The number of ether oxygens (including phenoxy) is 3. The third-order valence-corrected chi connectivity index (χ3v) is 7.11. The van der Waals surface area contributed by atoms with Crippen LogP contribution < -0.4 is 19.1 Å². The van der Waals surface area contributed by atoms with Gasteiger partial charge in [-0.25, -0.2) is 4.98 Å². The van der Waals surface area contributed by atoms with E-state index in [4.69, 9.17) is 25.8 Å². The average molecular weight is 515 g/mol. The van der Waals surface area contributed by atoms with Crippen molar-refractivity contribution in [3.8, 4) is 17.2 Å². The number of amides is 1. The molecule has 1 saturated heterocycles. The van der Waals surface area contributed by atoms with Gasteiger partial charge < -0.3 is 19.3 Å². The van der Waals surface area contributed by atoms with Crippen LogP contribution in [0.25, 0.3) is 5.76 Å². The summed E-state index contributed by atoms with van der Waals surface area (Å²) in [7, 11) is 4.42. The van der Waals surface area contributed by atoms with Gasteiger partial charge in [0, 0.05) is 15.5 Å². The highest BCUT2D eigenvalue weighted by atomic mass is 35.5. The van der Waals surface area contributed by atoms with Gasteiger partial charge in [0.2, 0.25) is 5.75 Å². The Balaban J connectivity index is 2.01. The standard InChI is InChI=1S/C25H23ClN2O6S/c1-12-13(2)35-25(27-12)28-20(15-10-17(32-3)23(34-5)18(11-15)33-4)19(22(30)24(28)31)21(29)14-6-8-16(26)9-7-14/h6-11,20,29H,1-5H3/t20-/m1/s1. The summed E-state index contributed by atoms with van der Waals surface area (Å²) < 4.78 is 16.4. The molecule has 1 aliphatic heterocycles. The van der Waals surface area contributed by atoms with Gasteiger partial charge in [-0.05, 0) is 55.8 Å². The monoisotopic (exact) mass is 514 g/mol. The lowest BCUT2D eigenvalue weighted by Gasteiger charge is -2.24. The van der Waals surface area contributed by atoms with E-state index in [1.165, 1.54) is 37.6 Å². The number of aliphatic hydroxyl groups is 1. The van der Waals surface area contributed by atoms with Gasteiger partial charge in [-0.15, -0.1) is 11.3 Å². The normalized spacial score (nSPS) is 17.1. The van der Waals surface area contributed by atoms with Crippen molar-refractivity contribution in [3.63, 3.8) is 0 Å². The first-order valence-electron chi connectivity index (χ1n) is 10.5. The van der Waals surface area contributed by atoms with Gasteiger partial charge >= 0.3 is 5.91 Å². The van der Waals surface area contributed by atoms with Crippen LogP contribution >= 0.6 is 22.9 Å². The first-order chi connectivity index (χ1) is 16.7. The summed E-state index contributed by atoms with van der Waals surface area (Å²) in [5, 5.41) is 12.1. The van der Waals surface area contributed by atoms with E-state index >= 15 is 0 Å². The second-order valence-electron chi connectivity index (χ2n) is 7.77. The van der Waals surface area contributed by atoms with Crippen molar-refractivity contribution >= 4 is 45.5 Å². The fraction of sp³-hybridized carbons (Fsp3) is 0.240. The molecule has 0 radical (unpaired) electrons. The molecule has 3 aromatic rings. The molecule has 182 valence electrons. The number of Topliss-reactive ketones (excluding diaryl/α,β-unsaturated/α-hetero) is 1. The van der Waals surface area contributed by atoms with Crippen molar-refractivity contribution in [1.82, 2.24) is 4.98 Å². The molecule has 1 aromatic heterocycles. The highest BCUT2D eigenvalue weighted by Gasteiger charge is 2.48. The van der Waals surface area contributed by atoms with Crippen molar-refractivity contribution in [1.29, 1.82) is 0 Å². The summed E-state index contributed by atoms with van der Waals surface area (Å²) in [4.78, 5) is 33.4. The first-order valence-corrected chi connectivity index (χ1v) is 11.7. The molecule has 0 spiro atoms. The molecule has 0 aliphatic carbocycles. The molecular formula is C25H23ClN2O6S. The molecule has 35 heavy (non-hydrogen) atoms. The Morgan fingerprint density at radius 2 is 1.63 bits per heavy atom. The Hall–Kier alpha value is -3.56. The molecule has 10 heteroatoms. The minimum absolute atomic E-state index is 0.0860. The summed E-state index contributed by atoms with van der Waals surface area (Å²) in [5.74, 6) is -0.925. The zero-order valence-corrected chi connectivity index (χ0v) is 21.3. The van der Waals surface area contributed by atoms with Crippen molar-refractivity contribution in [2.75, 3.05) is 26.2 Å². The van der Waals surface area contributed by atoms with E-state index in [0.29, 0.717) is 38.5 Å². The second-order valence-corrected chi connectivity index (χ2v) is 9.39. The summed E-state index contributed by atoms with van der Waals surface area (Å²) in [5.41, 5.74) is 1.47. The van der Waals surface area contributed by atoms with E-state index in [1.807, 2.05) is 13.8 Å². The van der Waals surface area contributed by atoms with Gasteiger partial charge in [-0.2, -0.15) is 0 Å². The number of halogens is 1. The third kappa shape index (κ3) is 4.21. The molecule has 0 saturated carbocycles. The molecule has 4 rings (SSSR count). The summed E-state index contributed by atoms with van der Waals surface area (Å²) >= 11 is 7.28. The molecule has 2 heterocycles. The maximum absolute atomic E-state index is 13.3. The number of thiazole rings is 1. The van der Waals surface area contributed by atoms with E-state index in [1.54, 1.807) is 36.4 Å². The Bertz CT molecular complexity index is 1300. The minimum Gasteiger partial charge on any atom is -0.507 e. The quantitative estimate of drug-likeness (QED) is 0.279. The number of carbonyl (C=O) groups is 2. The number of benzene rings is 2. The lowest BCUT2D eigenvalue weighted by atomic mass is 9.95. The molecule has 0 bridgehead atoms. The lowest BCUT2D eigenvalue weighted by Crippen LogP contribution is -2.29. The number of carbonyl (C=O) groups excluding carboxylic acids is 2. The maximum atomic E-state index is 13.3. The minimum atomic E-state index is -0.996. The average Bonchev–Trinajstić information content (AvgIpc) is 3.32. The maximum Gasteiger partial charge on any atom is 0.301 e. The second kappa shape index (κ2) is 9.59. The molecule has 1 atom stereocenters. The van der Waals surface area contributed by atoms with Gasteiger partial charge in [0.15, 0.2) is 16.6 Å². The van der Waals surface area contributed by atoms with Crippen LogP contribution in [0, 0.1) is 13.8 Å². The molecule has 1 amide bonds. The van der Waals surface area contributed by atoms with Crippen molar-refractivity contribution in [3.05, 3.63) is 68.7 Å². The van der Waals surface area contributed by atoms with Crippen LogP contribution in [0.15, 0.2) is 42.0 Å². The third-order valence-electron chi connectivity index (χ3n) is 5.79. The lowest BCUT2D eigenvalue weighted by molar-refractivity contribution is -0.132. The van der Waals surface area contributed by atoms with Gasteiger partial charge in [0.1, 0.15) is 5.76 Å². The highest BCUT2D eigenvalue weighted by Crippen LogP contribution is 2.47. The zero-order valence-electron chi connectivity index (χ0n) is 19.7. The summed E-state index contributed by atoms with van der Waals surface area (Å²) in [6.07, 6.45) is 0. The Labute approximate surface area is 211 Å². The van der Waals surface area contributed by atoms with E-state index in [2.05, 4.69) is 4.98 Å². The number of aromatic nitrogens is 1. The molecule has 1 fully saturated rings. The van der Waals surface area contributed by atoms with Crippen LogP contribution in [-0.4, -0.2) is 43.1 Å². The number of aliphatic hydroxyl groups excluding tert-OH is 1. The van der Waals surface area contributed by atoms with E-state index < -0.39 is 17.7 Å². The van der Waals surface area contributed by atoms with E-state index in [-0.39, 0.29) is 11.3 Å². The molecule has 2 aromatic carbocycles. The summed E-state index contributed by atoms with van der Waals surface area (Å²) in [6, 6.07) is 8.64. The Kier molecular flexibility index (Phi) is 6.73. The number of hydrogen-bond donors (Lipinski definition) is 1. The smallest absolute Gasteiger partial charge is 0.301 e. The largest absolute Gasteiger partial charge is 0.507 e. The Morgan fingerprint density at radius 1 is 1.03 bits per heavy atom. The van der Waals surface area contributed by atoms with Crippen molar-refractivity contribution in [2.24, 2.45) is 0 Å². The number of methoxy groups -OCH3 is 3. The fourth-order valence-electron chi connectivity index (χ4n) is 3.93. The van der Waals surface area contributed by atoms with E-state index in [9.17, 15) is 14.7 Å². The van der Waals surface area contributed by atoms with Crippen LogP contribution in [0.3, 0.4) is 0 Å². The molecular weight excluding hydrogens is 492 g/mol. The van der Waals surface area contributed by atoms with Crippen LogP contribution in [0.4, 0.5) is 5.13 Å². The van der Waals surface area contributed by atoms with Crippen LogP contribution in [0.1, 0.15) is 27.7 Å². The molecule has 0 unspecified atom stereocenters. The molecule has 8 nitrogen and oxygen atoms in total. The van der Waals surface area contributed by atoms with Gasteiger partial charge in [0.05, 0.1) is 38.6 Å². The van der Waals surface area contributed by atoms with Crippen LogP contribution in [0.5, 0.6) is 17.2 Å². The zero-order chi connectivity index (χ0) is 25.4. The Morgan fingerprint density at radius 3 is 2.11 bits per heavy atom. The van der Waals surface area contributed by atoms with Crippen molar-refractivity contribution in [2.45, 2.75) is 19.9 Å². The number of aryl methyl sites for hydroxylation is 2. The fourth-order valence-corrected chi connectivity index (χ4v) is 4.99. The predicted octanol–water partition coefficient (Wildman–Crippen LogP) is 5.07. The van der Waals surface area contributed by atoms with Gasteiger partial charge in [-0.3, -0.25) is 14.5 Å². The molecule has 1 N–H and O–H groups in total. The molecule has 1 aliphatic rings. The highest BCUT2D eigenvalue weighted by molar-refractivity contribution is 7.16. The van der Waals surface area contributed by atoms with Crippen LogP contribution in [-0.2, 0) is 9.59 Å². The van der Waals surface area contributed by atoms with E-state index in [0.717, 1.165) is 10.6 Å². The van der Waals surface area contributed by atoms with Crippen molar-refractivity contribution < 1.29 is 28.9 Å².